The number of benzene rings is 2. The third-order valence-electron chi connectivity index (χ3n) is 5.48. The molecule has 0 bridgehead atoms. The molecule has 1 saturated heterocycles. The molecule has 2 aromatic carbocycles. The predicted octanol–water partition coefficient (Wildman–Crippen LogP) is 2.21. The molecule has 0 aliphatic carbocycles. The zero-order chi connectivity index (χ0) is 24.1. The van der Waals surface area contributed by atoms with Crippen molar-refractivity contribution in [2.24, 2.45) is 0 Å². The minimum Gasteiger partial charge on any atom is -0.490 e. The maximum atomic E-state index is 13.2. The summed E-state index contributed by atoms with van der Waals surface area (Å²) in [4.78, 5) is 18.7. The third kappa shape index (κ3) is 4.90. The van der Waals surface area contributed by atoms with Gasteiger partial charge in [0, 0.05) is 37.8 Å². The Hall–Kier alpha value is -3.44. The van der Waals surface area contributed by atoms with Crippen LogP contribution in [0.25, 0.3) is 5.69 Å². The van der Waals surface area contributed by atoms with Crippen LogP contribution in [-0.4, -0.2) is 77.7 Å². The van der Waals surface area contributed by atoms with Crippen LogP contribution in [0.1, 0.15) is 24.2 Å². The number of rotatable bonds is 8. The van der Waals surface area contributed by atoms with Gasteiger partial charge in [0.25, 0.3) is 5.91 Å². The largest absolute Gasteiger partial charge is 0.490 e. The van der Waals surface area contributed by atoms with Crippen molar-refractivity contribution in [1.29, 1.82) is 0 Å². The van der Waals surface area contributed by atoms with Crippen molar-refractivity contribution in [1.82, 2.24) is 24.0 Å². The SMILES string of the molecule is CCOc1ccc(S(=O)(=O)N2CCN(C(=O)c3ccc(-n4cncn4)cc3)CC2)cc1OCC. The molecule has 1 amide bonds. The second kappa shape index (κ2) is 10.2. The van der Waals surface area contributed by atoms with Crippen molar-refractivity contribution in [3.8, 4) is 17.2 Å². The summed E-state index contributed by atoms with van der Waals surface area (Å²) in [6.07, 6.45) is 3.02. The Morgan fingerprint density at radius 1 is 0.941 bits per heavy atom. The van der Waals surface area contributed by atoms with Crippen LogP contribution in [0.15, 0.2) is 60.0 Å². The van der Waals surface area contributed by atoms with E-state index in [0.29, 0.717) is 43.4 Å². The van der Waals surface area contributed by atoms with Crippen molar-refractivity contribution < 1.29 is 22.7 Å². The lowest BCUT2D eigenvalue weighted by Gasteiger charge is -2.34. The van der Waals surface area contributed by atoms with Crippen LogP contribution in [0, 0.1) is 0 Å². The molecule has 0 atom stereocenters. The maximum absolute atomic E-state index is 13.2. The summed E-state index contributed by atoms with van der Waals surface area (Å²) >= 11 is 0. The van der Waals surface area contributed by atoms with Crippen molar-refractivity contribution in [3.05, 3.63) is 60.7 Å². The van der Waals surface area contributed by atoms with Gasteiger partial charge in [0.15, 0.2) is 11.5 Å². The van der Waals surface area contributed by atoms with E-state index in [4.69, 9.17) is 9.47 Å². The monoisotopic (exact) mass is 485 g/mol. The molecule has 0 unspecified atom stereocenters. The highest BCUT2D eigenvalue weighted by Gasteiger charge is 2.31. The summed E-state index contributed by atoms with van der Waals surface area (Å²) in [7, 11) is -3.73. The fraction of sp³-hybridized carbons (Fsp3) is 0.348. The Kier molecular flexibility index (Phi) is 7.13. The molecule has 2 heterocycles. The standard InChI is InChI=1S/C23H27N5O5S/c1-3-32-21-10-9-20(15-22(21)33-4-2)34(30,31)27-13-11-26(12-14-27)23(29)18-5-7-19(8-6-18)28-17-24-16-25-28/h5-10,15-17H,3-4,11-14H2,1-2H3. The lowest BCUT2D eigenvalue weighted by molar-refractivity contribution is 0.0698. The number of piperazine rings is 1. The van der Waals surface area contributed by atoms with E-state index < -0.39 is 10.0 Å². The second-order valence-corrected chi connectivity index (χ2v) is 9.50. The van der Waals surface area contributed by atoms with Gasteiger partial charge in [0.1, 0.15) is 12.7 Å². The van der Waals surface area contributed by atoms with Gasteiger partial charge >= 0.3 is 0 Å². The topological polar surface area (TPSA) is 107 Å². The molecule has 0 N–H and O–H groups in total. The molecule has 180 valence electrons. The maximum Gasteiger partial charge on any atom is 0.253 e. The normalized spacial score (nSPS) is 14.7. The van der Waals surface area contributed by atoms with E-state index in [0.717, 1.165) is 5.69 Å². The number of sulfonamides is 1. The van der Waals surface area contributed by atoms with Gasteiger partial charge in [-0.1, -0.05) is 0 Å². The van der Waals surface area contributed by atoms with Gasteiger partial charge in [-0.25, -0.2) is 18.1 Å². The molecule has 10 nitrogen and oxygen atoms in total. The second-order valence-electron chi connectivity index (χ2n) is 7.56. The van der Waals surface area contributed by atoms with E-state index in [1.54, 1.807) is 46.2 Å². The highest BCUT2D eigenvalue weighted by Crippen LogP contribution is 2.31. The Morgan fingerprint density at radius 3 is 2.24 bits per heavy atom. The smallest absolute Gasteiger partial charge is 0.253 e. The first-order chi connectivity index (χ1) is 16.4. The Balaban J connectivity index is 1.42. The van der Waals surface area contributed by atoms with Crippen LogP contribution in [0.2, 0.25) is 0 Å². The summed E-state index contributed by atoms with van der Waals surface area (Å²) in [5.74, 6) is 0.768. The Morgan fingerprint density at radius 2 is 1.62 bits per heavy atom. The van der Waals surface area contributed by atoms with Crippen molar-refractivity contribution in [3.63, 3.8) is 0 Å². The Labute approximate surface area is 198 Å². The number of nitrogens with zero attached hydrogens (tertiary/aromatic N) is 5. The van der Waals surface area contributed by atoms with Gasteiger partial charge in [0.05, 0.1) is 23.8 Å². The summed E-state index contributed by atoms with van der Waals surface area (Å²) in [6, 6.07) is 11.7. The number of aromatic nitrogens is 3. The third-order valence-corrected chi connectivity index (χ3v) is 7.37. The fourth-order valence-electron chi connectivity index (χ4n) is 3.75. The first-order valence-corrected chi connectivity index (χ1v) is 12.5. The zero-order valence-corrected chi connectivity index (χ0v) is 19.9. The first-order valence-electron chi connectivity index (χ1n) is 11.1. The highest BCUT2D eigenvalue weighted by atomic mass is 32.2. The average Bonchev–Trinajstić information content (AvgIpc) is 3.40. The van der Waals surface area contributed by atoms with Crippen LogP contribution in [0.4, 0.5) is 0 Å². The molecule has 1 fully saturated rings. The van der Waals surface area contributed by atoms with Crippen LogP contribution < -0.4 is 9.47 Å². The van der Waals surface area contributed by atoms with Crippen molar-refractivity contribution in [2.75, 3.05) is 39.4 Å². The molecule has 0 spiro atoms. The number of carbonyl (C=O) groups is 1. The van der Waals surface area contributed by atoms with E-state index in [1.807, 2.05) is 13.8 Å². The zero-order valence-electron chi connectivity index (χ0n) is 19.1. The number of hydrogen-bond acceptors (Lipinski definition) is 7. The molecular weight excluding hydrogens is 458 g/mol. The molecular formula is C23H27N5O5S. The van der Waals surface area contributed by atoms with E-state index >= 15 is 0 Å². The molecule has 0 saturated carbocycles. The van der Waals surface area contributed by atoms with Crippen molar-refractivity contribution >= 4 is 15.9 Å². The van der Waals surface area contributed by atoms with Gasteiger partial charge in [-0.15, -0.1) is 0 Å². The minimum absolute atomic E-state index is 0.137. The van der Waals surface area contributed by atoms with E-state index in [-0.39, 0.29) is 23.9 Å². The van der Waals surface area contributed by atoms with E-state index in [2.05, 4.69) is 10.1 Å². The van der Waals surface area contributed by atoms with Crippen LogP contribution in [-0.2, 0) is 10.0 Å². The van der Waals surface area contributed by atoms with Gasteiger partial charge in [-0.2, -0.15) is 9.40 Å². The summed E-state index contributed by atoms with van der Waals surface area (Å²) in [5.41, 5.74) is 1.33. The van der Waals surface area contributed by atoms with Crippen molar-refractivity contribution in [2.45, 2.75) is 18.7 Å². The first kappa shape index (κ1) is 23.7. The summed E-state index contributed by atoms with van der Waals surface area (Å²) in [5, 5.41) is 4.07. The van der Waals surface area contributed by atoms with E-state index in [1.165, 1.54) is 22.8 Å². The predicted molar refractivity (Wildman–Crippen MR) is 125 cm³/mol. The average molecular weight is 486 g/mol. The van der Waals surface area contributed by atoms with Crippen LogP contribution >= 0.6 is 0 Å². The van der Waals surface area contributed by atoms with Gasteiger partial charge in [-0.3, -0.25) is 4.79 Å². The summed E-state index contributed by atoms with van der Waals surface area (Å²) in [6.45, 7) is 5.55. The molecule has 34 heavy (non-hydrogen) atoms. The number of carbonyl (C=O) groups excluding carboxylic acids is 1. The fourth-order valence-corrected chi connectivity index (χ4v) is 5.19. The molecule has 3 aromatic rings. The molecule has 1 aliphatic heterocycles. The number of ether oxygens (including phenoxy) is 2. The quantitative estimate of drug-likeness (QED) is 0.481. The summed E-state index contributed by atoms with van der Waals surface area (Å²) < 4.78 is 40.6. The molecule has 4 rings (SSSR count). The molecule has 1 aromatic heterocycles. The van der Waals surface area contributed by atoms with Gasteiger partial charge in [-0.05, 0) is 50.2 Å². The van der Waals surface area contributed by atoms with Gasteiger partial charge in [0.2, 0.25) is 10.0 Å². The lowest BCUT2D eigenvalue weighted by atomic mass is 10.1. The number of hydrogen-bond donors (Lipinski definition) is 0. The Bertz CT molecular complexity index is 1220. The number of amides is 1. The minimum atomic E-state index is -3.73. The highest BCUT2D eigenvalue weighted by molar-refractivity contribution is 7.89. The molecule has 1 aliphatic rings. The lowest BCUT2D eigenvalue weighted by Crippen LogP contribution is -2.50. The van der Waals surface area contributed by atoms with E-state index in [9.17, 15) is 13.2 Å². The van der Waals surface area contributed by atoms with Crippen LogP contribution in [0.5, 0.6) is 11.5 Å². The molecule has 11 heteroatoms. The van der Waals surface area contributed by atoms with Crippen LogP contribution in [0.3, 0.4) is 0 Å². The van der Waals surface area contributed by atoms with Gasteiger partial charge < -0.3 is 14.4 Å². The molecule has 0 radical (unpaired) electrons.